The zero-order valence-electron chi connectivity index (χ0n) is 21.6. The summed E-state index contributed by atoms with van der Waals surface area (Å²) in [4.78, 5) is 21.6. The maximum absolute atomic E-state index is 14.1. The summed E-state index contributed by atoms with van der Waals surface area (Å²) in [5.41, 5.74) is -0.534. The Bertz CT molecular complexity index is 1600. The van der Waals surface area contributed by atoms with Crippen LogP contribution in [0.15, 0.2) is 41.7 Å². The topological polar surface area (TPSA) is 108 Å². The number of carbonyl (C=O) groups is 1. The number of benzene rings is 1. The van der Waals surface area contributed by atoms with Crippen LogP contribution in [0.4, 0.5) is 13.2 Å². The predicted molar refractivity (Wildman–Crippen MR) is 138 cm³/mol. The standard InChI is InChI=1S/C26H28F3N3O5S2/c1-16-19(30-11-9-21(16)37-14-26(27,28)29)13-38(34)23-31-18-6-4-5-7-20(18)32(23)39(35,36)15-25-10-8-17(12-22(25)33)24(25,2)3/h4-7,9,11,17H,8,10,12-15H2,1-3H3/t17?,25-,38?/m0/s1. The first kappa shape index (κ1) is 27.8. The highest BCUT2D eigenvalue weighted by Gasteiger charge is 2.65. The van der Waals surface area contributed by atoms with Crippen LogP contribution in [-0.4, -0.2) is 50.9 Å². The van der Waals surface area contributed by atoms with Crippen molar-refractivity contribution in [3.05, 3.63) is 47.8 Å². The van der Waals surface area contributed by atoms with Crippen molar-refractivity contribution in [2.24, 2.45) is 16.7 Å². The lowest BCUT2D eigenvalue weighted by Crippen LogP contribution is -2.43. The van der Waals surface area contributed by atoms with Crippen LogP contribution in [0.3, 0.4) is 0 Å². The average molecular weight is 584 g/mol. The van der Waals surface area contributed by atoms with Gasteiger partial charge in [-0.2, -0.15) is 13.2 Å². The molecule has 1 aromatic carbocycles. The van der Waals surface area contributed by atoms with Crippen LogP contribution in [0.2, 0.25) is 0 Å². The van der Waals surface area contributed by atoms with Gasteiger partial charge in [0, 0.05) is 18.2 Å². The number of fused-ring (bicyclic) bond motifs is 3. The molecule has 2 saturated carbocycles. The quantitative estimate of drug-likeness (QED) is 0.383. The zero-order chi connectivity index (χ0) is 28.4. The molecule has 2 fully saturated rings. The molecule has 13 heteroatoms. The molecule has 2 aliphatic rings. The molecule has 0 spiro atoms. The Morgan fingerprint density at radius 1 is 1.21 bits per heavy atom. The van der Waals surface area contributed by atoms with Gasteiger partial charge < -0.3 is 4.74 Å². The molecule has 0 aliphatic heterocycles. The van der Waals surface area contributed by atoms with E-state index < -0.39 is 50.2 Å². The summed E-state index contributed by atoms with van der Waals surface area (Å²) in [6.07, 6.45) is -1.69. The van der Waals surface area contributed by atoms with Crippen LogP contribution in [-0.2, 0) is 31.4 Å². The van der Waals surface area contributed by atoms with E-state index in [1.165, 1.54) is 19.2 Å². The summed E-state index contributed by atoms with van der Waals surface area (Å²) in [6, 6.07) is 7.76. The summed E-state index contributed by atoms with van der Waals surface area (Å²) in [7, 11) is -6.27. The first-order chi connectivity index (χ1) is 18.2. The number of carbonyl (C=O) groups excluding carboxylic acids is 1. The number of halogens is 3. The lowest BCUT2D eigenvalue weighted by molar-refractivity contribution is -0.153. The fourth-order valence-corrected chi connectivity index (χ4v) is 9.99. The van der Waals surface area contributed by atoms with Crippen LogP contribution < -0.4 is 4.74 Å². The maximum Gasteiger partial charge on any atom is 0.422 e. The number of ether oxygens (including phenoxy) is 1. The highest BCUT2D eigenvalue weighted by molar-refractivity contribution is 7.91. The molecule has 0 saturated heterocycles. The van der Waals surface area contributed by atoms with Gasteiger partial charge in [0.1, 0.15) is 11.5 Å². The Hall–Kier alpha value is -2.80. The Morgan fingerprint density at radius 3 is 2.56 bits per heavy atom. The maximum atomic E-state index is 14.1. The van der Waals surface area contributed by atoms with Crippen molar-refractivity contribution in [3.8, 4) is 5.75 Å². The van der Waals surface area contributed by atoms with Gasteiger partial charge in [-0.3, -0.25) is 14.0 Å². The number of nitrogens with zero attached hydrogens (tertiary/aromatic N) is 3. The van der Waals surface area contributed by atoms with Gasteiger partial charge in [-0.1, -0.05) is 26.0 Å². The van der Waals surface area contributed by atoms with E-state index in [0.717, 1.165) is 10.4 Å². The Kier molecular flexibility index (Phi) is 6.69. The number of hydrogen-bond donors (Lipinski definition) is 0. The SMILES string of the molecule is Cc1c(OCC(F)(F)F)ccnc1CS(=O)c1nc2ccccc2n1S(=O)(=O)C[C@@]12CCC(CC1=O)C2(C)C. The van der Waals surface area contributed by atoms with Crippen molar-refractivity contribution in [3.63, 3.8) is 0 Å². The number of ketones is 1. The van der Waals surface area contributed by atoms with E-state index in [2.05, 4.69) is 9.97 Å². The molecule has 0 N–H and O–H groups in total. The number of para-hydroxylation sites is 2. The molecule has 2 unspecified atom stereocenters. The summed E-state index contributed by atoms with van der Waals surface area (Å²) in [6.45, 7) is 3.89. The van der Waals surface area contributed by atoms with Gasteiger partial charge in [0.05, 0.1) is 44.4 Å². The van der Waals surface area contributed by atoms with Crippen LogP contribution >= 0.6 is 0 Å². The number of pyridine rings is 1. The molecule has 2 aromatic heterocycles. The molecule has 2 heterocycles. The van der Waals surface area contributed by atoms with Gasteiger partial charge in [-0.25, -0.2) is 17.4 Å². The van der Waals surface area contributed by atoms with Crippen LogP contribution in [0.25, 0.3) is 11.0 Å². The molecule has 39 heavy (non-hydrogen) atoms. The molecule has 2 bridgehead atoms. The van der Waals surface area contributed by atoms with Crippen molar-refractivity contribution in [1.29, 1.82) is 0 Å². The zero-order valence-corrected chi connectivity index (χ0v) is 23.3. The minimum atomic E-state index is -4.54. The lowest BCUT2D eigenvalue weighted by atomic mass is 9.70. The van der Waals surface area contributed by atoms with Crippen LogP contribution in [0, 0.1) is 23.7 Å². The highest BCUT2D eigenvalue weighted by atomic mass is 32.2. The average Bonchev–Trinajstić information content (AvgIpc) is 3.41. The number of imidazole rings is 1. The highest BCUT2D eigenvalue weighted by Crippen LogP contribution is 2.64. The molecule has 0 amide bonds. The van der Waals surface area contributed by atoms with Gasteiger partial charge in [0.25, 0.3) is 0 Å². The van der Waals surface area contributed by atoms with Gasteiger partial charge in [0.2, 0.25) is 15.2 Å². The third-order valence-corrected chi connectivity index (χ3v) is 11.6. The second kappa shape index (κ2) is 9.39. The summed E-state index contributed by atoms with van der Waals surface area (Å²) in [5.74, 6) is -0.729. The van der Waals surface area contributed by atoms with Crippen molar-refractivity contribution < 1.29 is 35.3 Å². The van der Waals surface area contributed by atoms with Crippen LogP contribution in [0.5, 0.6) is 5.75 Å². The van der Waals surface area contributed by atoms with Gasteiger partial charge >= 0.3 is 6.18 Å². The molecule has 8 nitrogen and oxygen atoms in total. The second-order valence-corrected chi connectivity index (χ2v) is 14.0. The molecular formula is C26H28F3N3O5S2. The van der Waals surface area contributed by atoms with E-state index in [9.17, 15) is 30.6 Å². The Labute approximate surface area is 226 Å². The van der Waals surface area contributed by atoms with E-state index in [4.69, 9.17) is 4.74 Å². The van der Waals surface area contributed by atoms with Gasteiger partial charge in [0.15, 0.2) is 6.61 Å². The second-order valence-electron chi connectivity index (χ2n) is 10.8. The number of aromatic nitrogens is 3. The molecule has 3 aromatic rings. The monoisotopic (exact) mass is 583 g/mol. The molecule has 3 atom stereocenters. The first-order valence-electron chi connectivity index (χ1n) is 12.4. The third-order valence-electron chi connectivity index (χ3n) is 8.46. The molecule has 0 radical (unpaired) electrons. The Balaban J connectivity index is 1.52. The minimum absolute atomic E-state index is 0.0603. The smallest absolute Gasteiger partial charge is 0.422 e. The third kappa shape index (κ3) is 4.66. The predicted octanol–water partition coefficient (Wildman–Crippen LogP) is 4.56. The fraction of sp³-hybridized carbons (Fsp3) is 0.500. The number of alkyl halides is 3. The minimum Gasteiger partial charge on any atom is -0.484 e. The summed E-state index contributed by atoms with van der Waals surface area (Å²) < 4.78 is 85.6. The molecular weight excluding hydrogens is 555 g/mol. The van der Waals surface area contributed by atoms with Crippen molar-refractivity contribution in [2.45, 2.75) is 57.1 Å². The first-order valence-corrected chi connectivity index (χ1v) is 15.4. The normalized spacial score (nSPS) is 23.4. The van der Waals surface area contributed by atoms with Crippen LogP contribution in [0.1, 0.15) is 44.4 Å². The van der Waals surface area contributed by atoms with E-state index in [0.29, 0.717) is 18.4 Å². The van der Waals surface area contributed by atoms with Crippen molar-refractivity contribution in [2.75, 3.05) is 12.4 Å². The molecule has 2 aliphatic carbocycles. The van der Waals surface area contributed by atoms with E-state index in [-0.39, 0.29) is 45.1 Å². The number of rotatable bonds is 8. The summed E-state index contributed by atoms with van der Waals surface area (Å²) in [5, 5.41) is -0.229. The fourth-order valence-electron chi connectivity index (χ4n) is 6.09. The van der Waals surface area contributed by atoms with Gasteiger partial charge in [-0.15, -0.1) is 0 Å². The Morgan fingerprint density at radius 2 is 1.92 bits per heavy atom. The number of Topliss-reactive ketones (excluding diaryl/α,β-unsaturated/α-hetero) is 1. The largest absolute Gasteiger partial charge is 0.484 e. The van der Waals surface area contributed by atoms with Gasteiger partial charge in [-0.05, 0) is 49.3 Å². The van der Waals surface area contributed by atoms with E-state index in [1.807, 2.05) is 13.8 Å². The molecule has 210 valence electrons. The summed E-state index contributed by atoms with van der Waals surface area (Å²) >= 11 is 0. The van der Waals surface area contributed by atoms with E-state index in [1.54, 1.807) is 24.3 Å². The lowest BCUT2D eigenvalue weighted by Gasteiger charge is -2.36. The van der Waals surface area contributed by atoms with Crippen molar-refractivity contribution >= 4 is 37.6 Å². The van der Waals surface area contributed by atoms with Crippen molar-refractivity contribution in [1.82, 2.24) is 13.9 Å². The molecule has 5 rings (SSSR count). The number of hydrogen-bond acceptors (Lipinski definition) is 7. The van der Waals surface area contributed by atoms with E-state index >= 15 is 0 Å².